The first-order chi connectivity index (χ1) is 10.9. The highest BCUT2D eigenvalue weighted by Crippen LogP contribution is 2.42. The van der Waals surface area contributed by atoms with Crippen molar-refractivity contribution in [3.63, 3.8) is 0 Å². The average molecular weight is 490 g/mol. The van der Waals surface area contributed by atoms with Crippen LogP contribution in [0.4, 0.5) is 0 Å². The summed E-state index contributed by atoms with van der Waals surface area (Å²) in [4.78, 5) is 6.98. The number of nitrogens with one attached hydrogen (secondary N) is 2. The first-order valence-electron chi connectivity index (χ1n) is 8.56. The number of thioether (sulfide) groups is 1. The smallest absolute Gasteiger partial charge is 0.208 e. The van der Waals surface area contributed by atoms with Crippen LogP contribution >= 0.6 is 35.7 Å². The molecule has 1 aliphatic heterocycles. The summed E-state index contributed by atoms with van der Waals surface area (Å²) < 4.78 is 25.1. The lowest BCUT2D eigenvalue weighted by Gasteiger charge is -2.45. The van der Waals surface area contributed by atoms with Crippen LogP contribution in [0, 0.1) is 0 Å². The molecule has 1 heterocycles. The Balaban J connectivity index is 0.00000288. The second kappa shape index (κ2) is 10.4. The van der Waals surface area contributed by atoms with Crippen molar-refractivity contribution in [2.24, 2.45) is 4.99 Å². The standard InChI is InChI=1S/C15H30N4O2S2.HI/c1-3-16-14(17-9-10-18-23(2,20)21)19-11-12-22-15(13-19)7-5-4-6-8-15;/h18H,3-13H2,1-2H3,(H,16,17);1H. The minimum Gasteiger partial charge on any atom is -0.357 e. The molecule has 2 fully saturated rings. The zero-order valence-electron chi connectivity index (χ0n) is 14.7. The van der Waals surface area contributed by atoms with Gasteiger partial charge in [0.05, 0.1) is 12.8 Å². The molecule has 2 rings (SSSR count). The van der Waals surface area contributed by atoms with Gasteiger partial charge in [-0.15, -0.1) is 24.0 Å². The first-order valence-corrected chi connectivity index (χ1v) is 11.4. The zero-order chi connectivity index (χ0) is 16.8. The van der Waals surface area contributed by atoms with Crippen LogP contribution in [0.2, 0.25) is 0 Å². The summed E-state index contributed by atoms with van der Waals surface area (Å²) in [5, 5.41) is 3.36. The van der Waals surface area contributed by atoms with Crippen molar-refractivity contribution in [3.05, 3.63) is 0 Å². The van der Waals surface area contributed by atoms with Gasteiger partial charge >= 0.3 is 0 Å². The van der Waals surface area contributed by atoms with E-state index in [9.17, 15) is 8.42 Å². The summed E-state index contributed by atoms with van der Waals surface area (Å²) in [7, 11) is -3.14. The highest BCUT2D eigenvalue weighted by molar-refractivity contribution is 14.0. The molecule has 1 saturated carbocycles. The molecule has 1 saturated heterocycles. The maximum Gasteiger partial charge on any atom is 0.208 e. The quantitative estimate of drug-likeness (QED) is 0.267. The van der Waals surface area contributed by atoms with Crippen LogP contribution in [0.5, 0.6) is 0 Å². The van der Waals surface area contributed by atoms with E-state index in [1.165, 1.54) is 38.4 Å². The van der Waals surface area contributed by atoms with Crippen LogP contribution in [0.25, 0.3) is 0 Å². The molecule has 1 spiro atoms. The third kappa shape index (κ3) is 7.25. The predicted octanol–water partition coefficient (Wildman–Crippen LogP) is 1.87. The van der Waals surface area contributed by atoms with Crippen molar-refractivity contribution >= 4 is 51.7 Å². The lowest BCUT2D eigenvalue weighted by molar-refractivity contribution is 0.293. The number of aliphatic imine (C=N–C) groups is 1. The summed E-state index contributed by atoms with van der Waals surface area (Å²) in [6.45, 7) is 5.78. The van der Waals surface area contributed by atoms with E-state index in [0.717, 1.165) is 31.3 Å². The lowest BCUT2D eigenvalue weighted by Crippen LogP contribution is -2.53. The maximum absolute atomic E-state index is 11.1. The van der Waals surface area contributed by atoms with Gasteiger partial charge in [0.15, 0.2) is 5.96 Å². The molecular formula is C15H31IN4O2S2. The molecular weight excluding hydrogens is 459 g/mol. The van der Waals surface area contributed by atoms with Crippen molar-refractivity contribution in [3.8, 4) is 0 Å². The lowest BCUT2D eigenvalue weighted by atomic mass is 9.87. The summed E-state index contributed by atoms with van der Waals surface area (Å²) in [5.41, 5.74) is 0. The van der Waals surface area contributed by atoms with Crippen LogP contribution in [0.3, 0.4) is 0 Å². The van der Waals surface area contributed by atoms with Crippen LogP contribution in [-0.2, 0) is 10.0 Å². The first kappa shape index (κ1) is 22.3. The van der Waals surface area contributed by atoms with Crippen molar-refractivity contribution < 1.29 is 8.42 Å². The van der Waals surface area contributed by atoms with E-state index >= 15 is 0 Å². The van der Waals surface area contributed by atoms with Crippen LogP contribution < -0.4 is 10.0 Å². The Bertz CT molecular complexity index is 502. The minimum absolute atomic E-state index is 0. The molecule has 0 amide bonds. The van der Waals surface area contributed by atoms with Gasteiger partial charge in [-0.05, 0) is 19.8 Å². The van der Waals surface area contributed by atoms with Crippen molar-refractivity contribution in [1.29, 1.82) is 0 Å². The number of hydrogen-bond acceptors (Lipinski definition) is 4. The fourth-order valence-electron chi connectivity index (χ4n) is 3.34. The van der Waals surface area contributed by atoms with Crippen LogP contribution in [-0.4, -0.2) is 68.8 Å². The summed E-state index contributed by atoms with van der Waals surface area (Å²) in [6.07, 6.45) is 7.84. The van der Waals surface area contributed by atoms with Gasteiger partial charge in [-0.2, -0.15) is 11.8 Å². The molecule has 9 heteroatoms. The Hall–Kier alpha value is 0.260. The molecule has 1 aliphatic carbocycles. The monoisotopic (exact) mass is 490 g/mol. The van der Waals surface area contributed by atoms with Crippen LogP contribution in [0.15, 0.2) is 4.99 Å². The number of rotatable bonds is 5. The Morgan fingerprint density at radius 2 is 2.00 bits per heavy atom. The summed E-state index contributed by atoms with van der Waals surface area (Å²) in [5.74, 6) is 2.07. The highest BCUT2D eigenvalue weighted by atomic mass is 127. The molecule has 0 unspecified atom stereocenters. The van der Waals surface area contributed by atoms with E-state index in [2.05, 4.69) is 38.6 Å². The SMILES string of the molecule is CCNC(=NCCNS(C)(=O)=O)N1CCSC2(CCCCC2)C1.I. The number of guanidine groups is 1. The topological polar surface area (TPSA) is 73.8 Å². The number of halogens is 1. The number of sulfonamides is 1. The molecule has 0 radical (unpaired) electrons. The van der Waals surface area contributed by atoms with Crippen LogP contribution in [0.1, 0.15) is 39.0 Å². The van der Waals surface area contributed by atoms with Gasteiger partial charge in [0.1, 0.15) is 0 Å². The minimum atomic E-state index is -3.14. The van der Waals surface area contributed by atoms with Crippen molar-refractivity contribution in [2.45, 2.75) is 43.8 Å². The molecule has 0 atom stereocenters. The van der Waals surface area contributed by atoms with E-state index < -0.39 is 10.0 Å². The molecule has 24 heavy (non-hydrogen) atoms. The third-order valence-corrected chi connectivity index (χ3v) is 6.65. The molecule has 2 N–H and O–H groups in total. The maximum atomic E-state index is 11.1. The fourth-order valence-corrected chi connectivity index (χ4v) is 5.37. The number of hydrogen-bond donors (Lipinski definition) is 2. The second-order valence-corrected chi connectivity index (χ2v) is 9.81. The molecule has 0 aromatic rings. The molecule has 0 aromatic carbocycles. The third-order valence-electron chi connectivity index (χ3n) is 4.39. The van der Waals surface area contributed by atoms with E-state index in [4.69, 9.17) is 0 Å². The Morgan fingerprint density at radius 3 is 2.62 bits per heavy atom. The van der Waals surface area contributed by atoms with Crippen molar-refractivity contribution in [1.82, 2.24) is 14.9 Å². The van der Waals surface area contributed by atoms with Gasteiger partial charge in [-0.25, -0.2) is 13.1 Å². The van der Waals surface area contributed by atoms with E-state index in [-0.39, 0.29) is 24.0 Å². The fraction of sp³-hybridized carbons (Fsp3) is 0.933. The van der Waals surface area contributed by atoms with Gasteiger partial charge < -0.3 is 10.2 Å². The van der Waals surface area contributed by atoms with E-state index in [0.29, 0.717) is 17.8 Å². The van der Waals surface area contributed by atoms with Gasteiger partial charge in [-0.3, -0.25) is 4.99 Å². The summed E-state index contributed by atoms with van der Waals surface area (Å²) in [6, 6.07) is 0. The summed E-state index contributed by atoms with van der Waals surface area (Å²) >= 11 is 2.14. The molecule has 6 nitrogen and oxygen atoms in total. The van der Waals surface area contributed by atoms with Crippen molar-refractivity contribution in [2.75, 3.05) is 44.7 Å². The Labute approximate surface area is 168 Å². The molecule has 0 bridgehead atoms. The Morgan fingerprint density at radius 1 is 1.29 bits per heavy atom. The normalized spacial score (nSPS) is 21.4. The highest BCUT2D eigenvalue weighted by Gasteiger charge is 2.38. The molecule has 0 aromatic heterocycles. The van der Waals surface area contributed by atoms with Gasteiger partial charge in [0.2, 0.25) is 10.0 Å². The average Bonchev–Trinajstić information content (AvgIpc) is 2.50. The van der Waals surface area contributed by atoms with E-state index in [1.54, 1.807) is 0 Å². The van der Waals surface area contributed by atoms with Gasteiger partial charge in [0, 0.05) is 36.7 Å². The predicted molar refractivity (Wildman–Crippen MR) is 114 cm³/mol. The Kier molecular flexibility index (Phi) is 9.68. The zero-order valence-corrected chi connectivity index (χ0v) is 18.7. The van der Waals surface area contributed by atoms with Gasteiger partial charge in [0.25, 0.3) is 0 Å². The van der Waals surface area contributed by atoms with E-state index in [1.807, 2.05) is 0 Å². The second-order valence-electron chi connectivity index (χ2n) is 6.42. The number of nitrogens with zero attached hydrogens (tertiary/aromatic N) is 2. The largest absolute Gasteiger partial charge is 0.357 e. The molecule has 2 aliphatic rings. The van der Waals surface area contributed by atoms with Gasteiger partial charge in [-0.1, -0.05) is 19.3 Å². The molecule has 142 valence electrons.